The maximum Gasteiger partial charge on any atom is 0.326 e. The standard InChI is InChI=1S/C18H20N2O5/c19-13(15(21)11-7-3-1-4-8-11)18(24)25-16(14(20)17(22)23)12-9-5-2-6-10-12/h1-10,13-16,21H,19-20H2,(H,22,23)/t13-,14-,15?,16?/m0/s1. The van der Waals surface area contributed by atoms with E-state index in [4.69, 9.17) is 21.3 Å². The molecule has 2 aromatic carbocycles. The molecule has 6 N–H and O–H groups in total. The van der Waals surface area contributed by atoms with E-state index < -0.39 is 36.2 Å². The van der Waals surface area contributed by atoms with Crippen molar-refractivity contribution in [2.45, 2.75) is 24.3 Å². The summed E-state index contributed by atoms with van der Waals surface area (Å²) in [6, 6.07) is 13.8. The molecule has 7 nitrogen and oxygen atoms in total. The van der Waals surface area contributed by atoms with Gasteiger partial charge in [-0.3, -0.25) is 9.59 Å². The Morgan fingerprint density at radius 2 is 1.32 bits per heavy atom. The zero-order valence-corrected chi connectivity index (χ0v) is 13.4. The first-order valence-corrected chi connectivity index (χ1v) is 7.64. The molecule has 0 amide bonds. The number of carboxylic acid groups (broad SMARTS) is 1. The molecular formula is C18H20N2O5. The Balaban J connectivity index is 2.17. The molecule has 7 heteroatoms. The third kappa shape index (κ3) is 4.63. The number of esters is 1. The zero-order valence-electron chi connectivity index (χ0n) is 13.4. The first kappa shape index (κ1) is 18.6. The van der Waals surface area contributed by atoms with Gasteiger partial charge in [-0.05, 0) is 11.1 Å². The Morgan fingerprint density at radius 1 is 0.840 bits per heavy atom. The molecule has 0 saturated carbocycles. The SMILES string of the molecule is N[C@H](C(=O)OC(c1ccccc1)[C@H](N)C(=O)O)C(O)c1ccccc1. The van der Waals surface area contributed by atoms with Crippen molar-refractivity contribution in [3.8, 4) is 0 Å². The van der Waals surface area contributed by atoms with Crippen molar-refractivity contribution in [3.63, 3.8) is 0 Å². The molecule has 0 aliphatic carbocycles. The van der Waals surface area contributed by atoms with E-state index in [2.05, 4.69) is 0 Å². The van der Waals surface area contributed by atoms with Gasteiger partial charge in [0, 0.05) is 0 Å². The first-order valence-electron chi connectivity index (χ1n) is 7.64. The van der Waals surface area contributed by atoms with Gasteiger partial charge in [0.15, 0.2) is 6.10 Å². The molecule has 0 aliphatic heterocycles. The maximum absolute atomic E-state index is 12.3. The zero-order chi connectivity index (χ0) is 18.4. The number of aliphatic carboxylic acids is 1. The summed E-state index contributed by atoms with van der Waals surface area (Å²) >= 11 is 0. The Bertz CT molecular complexity index is 708. The van der Waals surface area contributed by atoms with E-state index in [-0.39, 0.29) is 0 Å². The molecule has 2 rings (SSSR count). The summed E-state index contributed by atoms with van der Waals surface area (Å²) in [5.41, 5.74) is 12.3. The second-order valence-corrected chi connectivity index (χ2v) is 5.51. The van der Waals surface area contributed by atoms with Crippen LogP contribution in [0.1, 0.15) is 23.3 Å². The molecule has 132 valence electrons. The van der Waals surface area contributed by atoms with Crippen LogP contribution in [0.2, 0.25) is 0 Å². The maximum atomic E-state index is 12.3. The fraction of sp³-hybridized carbons (Fsp3) is 0.222. The highest BCUT2D eigenvalue weighted by molar-refractivity contribution is 5.79. The summed E-state index contributed by atoms with van der Waals surface area (Å²) in [5, 5.41) is 19.4. The van der Waals surface area contributed by atoms with Crippen molar-refractivity contribution < 1.29 is 24.5 Å². The summed E-state index contributed by atoms with van der Waals surface area (Å²) in [4.78, 5) is 23.5. The van der Waals surface area contributed by atoms with Crippen LogP contribution in [0.5, 0.6) is 0 Å². The summed E-state index contributed by atoms with van der Waals surface area (Å²) in [5.74, 6) is -2.26. The Morgan fingerprint density at radius 3 is 1.80 bits per heavy atom. The average molecular weight is 344 g/mol. The van der Waals surface area contributed by atoms with Gasteiger partial charge in [0.1, 0.15) is 18.2 Å². The van der Waals surface area contributed by atoms with E-state index in [9.17, 15) is 14.7 Å². The van der Waals surface area contributed by atoms with Crippen LogP contribution in [0.15, 0.2) is 60.7 Å². The van der Waals surface area contributed by atoms with Gasteiger partial charge in [-0.25, -0.2) is 0 Å². The highest BCUT2D eigenvalue weighted by Crippen LogP contribution is 2.23. The number of ether oxygens (including phenoxy) is 1. The van der Waals surface area contributed by atoms with Gasteiger partial charge in [0.05, 0.1) is 0 Å². The van der Waals surface area contributed by atoms with Crippen LogP contribution >= 0.6 is 0 Å². The van der Waals surface area contributed by atoms with E-state index in [0.717, 1.165) is 0 Å². The fourth-order valence-electron chi connectivity index (χ4n) is 2.31. The number of carbonyl (C=O) groups is 2. The van der Waals surface area contributed by atoms with Crippen molar-refractivity contribution in [2.24, 2.45) is 11.5 Å². The number of aliphatic hydroxyl groups is 1. The van der Waals surface area contributed by atoms with Gasteiger partial charge in [-0.15, -0.1) is 0 Å². The molecular weight excluding hydrogens is 324 g/mol. The van der Waals surface area contributed by atoms with Crippen LogP contribution in [0, 0.1) is 0 Å². The molecule has 0 radical (unpaired) electrons. The van der Waals surface area contributed by atoms with Gasteiger partial charge in [-0.1, -0.05) is 60.7 Å². The van der Waals surface area contributed by atoms with Gasteiger partial charge < -0.3 is 26.4 Å². The Kier molecular flexibility index (Phi) is 6.24. The number of aliphatic hydroxyl groups excluding tert-OH is 1. The minimum absolute atomic E-state index is 0.423. The predicted octanol–water partition coefficient (Wildman–Crippen LogP) is 0.744. The Hall–Kier alpha value is -2.74. The number of carbonyl (C=O) groups excluding carboxylic acids is 1. The van der Waals surface area contributed by atoms with Crippen molar-refractivity contribution in [2.75, 3.05) is 0 Å². The highest BCUT2D eigenvalue weighted by Gasteiger charge is 2.33. The van der Waals surface area contributed by atoms with E-state index in [0.29, 0.717) is 11.1 Å². The minimum Gasteiger partial charge on any atom is -0.480 e. The minimum atomic E-state index is -1.47. The first-order chi connectivity index (χ1) is 11.9. The summed E-state index contributed by atoms with van der Waals surface area (Å²) in [6.07, 6.45) is -2.51. The summed E-state index contributed by atoms with van der Waals surface area (Å²) < 4.78 is 5.23. The molecule has 2 unspecified atom stereocenters. The molecule has 0 bridgehead atoms. The monoisotopic (exact) mass is 344 g/mol. The van der Waals surface area contributed by atoms with Crippen molar-refractivity contribution in [1.29, 1.82) is 0 Å². The lowest BCUT2D eigenvalue weighted by molar-refractivity contribution is -0.158. The molecule has 2 aromatic rings. The number of benzene rings is 2. The van der Waals surface area contributed by atoms with Gasteiger partial charge >= 0.3 is 11.9 Å². The average Bonchev–Trinajstić information content (AvgIpc) is 2.65. The van der Waals surface area contributed by atoms with Crippen LogP contribution in [0.25, 0.3) is 0 Å². The van der Waals surface area contributed by atoms with Crippen LogP contribution in [0.4, 0.5) is 0 Å². The molecule has 0 spiro atoms. The van der Waals surface area contributed by atoms with Crippen LogP contribution in [-0.4, -0.2) is 34.2 Å². The topological polar surface area (TPSA) is 136 Å². The van der Waals surface area contributed by atoms with E-state index in [1.54, 1.807) is 60.7 Å². The van der Waals surface area contributed by atoms with E-state index >= 15 is 0 Å². The normalized spacial score (nSPS) is 15.6. The molecule has 0 aromatic heterocycles. The lowest BCUT2D eigenvalue weighted by Gasteiger charge is -2.25. The third-order valence-electron chi connectivity index (χ3n) is 3.74. The number of nitrogens with two attached hydrogens (primary N) is 2. The van der Waals surface area contributed by atoms with Crippen molar-refractivity contribution in [1.82, 2.24) is 0 Å². The molecule has 0 fully saturated rings. The van der Waals surface area contributed by atoms with Gasteiger partial charge in [-0.2, -0.15) is 0 Å². The number of carboxylic acids is 1. The number of rotatable bonds is 7. The molecule has 25 heavy (non-hydrogen) atoms. The molecule has 0 aliphatic rings. The van der Waals surface area contributed by atoms with Gasteiger partial charge in [0.2, 0.25) is 0 Å². The Labute approximate surface area is 144 Å². The summed E-state index contributed by atoms with van der Waals surface area (Å²) in [6.45, 7) is 0. The van der Waals surface area contributed by atoms with E-state index in [1.807, 2.05) is 0 Å². The highest BCUT2D eigenvalue weighted by atomic mass is 16.5. The smallest absolute Gasteiger partial charge is 0.326 e. The molecule has 0 heterocycles. The van der Waals surface area contributed by atoms with Crippen LogP contribution in [-0.2, 0) is 14.3 Å². The van der Waals surface area contributed by atoms with E-state index in [1.165, 1.54) is 0 Å². The second-order valence-electron chi connectivity index (χ2n) is 5.51. The number of hydrogen-bond acceptors (Lipinski definition) is 6. The predicted molar refractivity (Wildman–Crippen MR) is 90.3 cm³/mol. The summed E-state index contributed by atoms with van der Waals surface area (Å²) in [7, 11) is 0. The third-order valence-corrected chi connectivity index (χ3v) is 3.74. The quantitative estimate of drug-likeness (QED) is 0.544. The largest absolute Gasteiger partial charge is 0.480 e. The second kappa shape index (κ2) is 8.39. The molecule has 4 atom stereocenters. The van der Waals surface area contributed by atoms with Crippen molar-refractivity contribution in [3.05, 3.63) is 71.8 Å². The van der Waals surface area contributed by atoms with Crippen molar-refractivity contribution >= 4 is 11.9 Å². The lowest BCUT2D eigenvalue weighted by Crippen LogP contribution is -2.43. The van der Waals surface area contributed by atoms with Gasteiger partial charge in [0.25, 0.3) is 0 Å². The van der Waals surface area contributed by atoms with Crippen LogP contribution in [0.3, 0.4) is 0 Å². The number of hydrogen-bond donors (Lipinski definition) is 4. The fourth-order valence-corrected chi connectivity index (χ4v) is 2.31. The van der Waals surface area contributed by atoms with Crippen LogP contribution < -0.4 is 11.5 Å². The molecule has 0 saturated heterocycles. The lowest BCUT2D eigenvalue weighted by atomic mass is 10.0.